The molecule has 0 aromatic heterocycles. The number of non-ortho nitro benzene ring substituents is 1. The molecule has 0 bridgehead atoms. The zero-order chi connectivity index (χ0) is 14.5. The molecule has 0 heterocycles. The molecule has 104 valence electrons. The Bertz CT molecular complexity index is 632. The highest BCUT2D eigenvalue weighted by atomic mass is 35.5. The third-order valence-electron chi connectivity index (χ3n) is 2.70. The highest BCUT2D eigenvalue weighted by Crippen LogP contribution is 2.30. The number of nitrogens with zero attached hydrogens (tertiary/aromatic N) is 1. The van der Waals surface area contributed by atoms with Crippen LogP contribution in [0.3, 0.4) is 0 Å². The van der Waals surface area contributed by atoms with Gasteiger partial charge in [-0.3, -0.25) is 10.1 Å². The van der Waals surface area contributed by atoms with Gasteiger partial charge in [-0.25, -0.2) is 0 Å². The molecule has 0 radical (unpaired) electrons. The van der Waals surface area contributed by atoms with E-state index in [9.17, 15) is 10.1 Å². The minimum absolute atomic E-state index is 0.0304. The molecule has 0 atom stereocenters. The largest absolute Gasteiger partial charge is 0.487 e. The summed E-state index contributed by atoms with van der Waals surface area (Å²) in [6, 6.07) is 11.6. The van der Waals surface area contributed by atoms with Gasteiger partial charge in [-0.05, 0) is 11.6 Å². The second-order valence-electron chi connectivity index (χ2n) is 4.08. The van der Waals surface area contributed by atoms with Crippen LogP contribution in [0.2, 0.25) is 5.02 Å². The Hall–Kier alpha value is -1.78. The van der Waals surface area contributed by atoms with Crippen molar-refractivity contribution in [2.45, 2.75) is 12.5 Å². The van der Waals surface area contributed by atoms with Gasteiger partial charge in [-0.1, -0.05) is 35.9 Å². The van der Waals surface area contributed by atoms with Crippen molar-refractivity contribution in [3.8, 4) is 5.75 Å². The molecule has 0 spiro atoms. The lowest BCUT2D eigenvalue weighted by Crippen LogP contribution is -1.99. The van der Waals surface area contributed by atoms with Gasteiger partial charge in [-0.2, -0.15) is 0 Å². The molecule has 0 unspecified atom stereocenters. The average Bonchev–Trinajstić information content (AvgIpc) is 2.46. The predicted molar refractivity (Wildman–Crippen MR) is 78.4 cm³/mol. The quantitative estimate of drug-likeness (QED) is 0.462. The van der Waals surface area contributed by atoms with Crippen LogP contribution in [0.5, 0.6) is 5.75 Å². The number of halogens is 2. The Labute approximate surface area is 126 Å². The highest BCUT2D eigenvalue weighted by molar-refractivity contribution is 6.32. The van der Waals surface area contributed by atoms with Crippen LogP contribution in [0, 0.1) is 10.1 Å². The van der Waals surface area contributed by atoms with Gasteiger partial charge in [-0.15, -0.1) is 11.6 Å². The first-order chi connectivity index (χ1) is 9.61. The minimum Gasteiger partial charge on any atom is -0.487 e. The fourth-order valence-corrected chi connectivity index (χ4v) is 2.19. The van der Waals surface area contributed by atoms with Crippen LogP contribution < -0.4 is 4.74 Å². The molecule has 0 aliphatic rings. The molecule has 0 aliphatic carbocycles. The van der Waals surface area contributed by atoms with Crippen molar-refractivity contribution in [3.05, 3.63) is 68.7 Å². The third-order valence-corrected chi connectivity index (χ3v) is 3.28. The average molecular weight is 312 g/mol. The summed E-state index contributed by atoms with van der Waals surface area (Å²) in [5.41, 5.74) is 1.51. The zero-order valence-corrected chi connectivity index (χ0v) is 11.9. The number of nitro benzene ring substituents is 1. The Morgan fingerprint density at radius 2 is 1.95 bits per heavy atom. The molecule has 2 rings (SSSR count). The second kappa shape index (κ2) is 6.59. The molecule has 0 saturated carbocycles. The van der Waals surface area contributed by atoms with E-state index in [0.29, 0.717) is 16.3 Å². The molecule has 0 N–H and O–H groups in total. The van der Waals surface area contributed by atoms with Gasteiger partial charge in [0.2, 0.25) is 0 Å². The summed E-state index contributed by atoms with van der Waals surface area (Å²) in [6.45, 7) is 0.190. The monoisotopic (exact) mass is 311 g/mol. The van der Waals surface area contributed by atoms with E-state index < -0.39 is 4.92 Å². The Morgan fingerprint density at radius 1 is 1.20 bits per heavy atom. The summed E-state index contributed by atoms with van der Waals surface area (Å²) in [7, 11) is 0. The highest BCUT2D eigenvalue weighted by Gasteiger charge is 2.10. The van der Waals surface area contributed by atoms with E-state index >= 15 is 0 Å². The fraction of sp³-hybridized carbons (Fsp3) is 0.143. The van der Waals surface area contributed by atoms with Crippen molar-refractivity contribution >= 4 is 28.9 Å². The van der Waals surface area contributed by atoms with Crippen molar-refractivity contribution in [2.24, 2.45) is 0 Å². The molecule has 2 aromatic rings. The van der Waals surface area contributed by atoms with Crippen molar-refractivity contribution < 1.29 is 9.66 Å². The topological polar surface area (TPSA) is 52.4 Å². The van der Waals surface area contributed by atoms with E-state index in [1.807, 2.05) is 6.07 Å². The number of para-hydroxylation sites is 1. The molecule has 2 aromatic carbocycles. The van der Waals surface area contributed by atoms with Crippen molar-refractivity contribution in [3.63, 3.8) is 0 Å². The Kier molecular flexibility index (Phi) is 4.82. The molecular formula is C14H11Cl2NO3. The van der Waals surface area contributed by atoms with E-state index in [1.165, 1.54) is 12.1 Å². The molecule has 20 heavy (non-hydrogen) atoms. The van der Waals surface area contributed by atoms with Gasteiger partial charge in [0.25, 0.3) is 5.69 Å². The molecular weight excluding hydrogens is 301 g/mol. The number of hydrogen-bond donors (Lipinski definition) is 0. The smallest absolute Gasteiger partial charge is 0.269 e. The Balaban J connectivity index is 2.17. The number of nitro groups is 1. The van der Waals surface area contributed by atoms with Gasteiger partial charge in [0, 0.05) is 17.7 Å². The van der Waals surface area contributed by atoms with Crippen LogP contribution in [-0.2, 0) is 12.5 Å². The van der Waals surface area contributed by atoms with Gasteiger partial charge in [0.05, 0.1) is 15.8 Å². The van der Waals surface area contributed by atoms with Crippen LogP contribution in [-0.4, -0.2) is 4.92 Å². The second-order valence-corrected chi connectivity index (χ2v) is 4.75. The third kappa shape index (κ3) is 3.40. The maximum Gasteiger partial charge on any atom is 0.269 e. The SMILES string of the molecule is O=[N+]([O-])c1cccc(COc2c(Cl)cccc2CCl)c1. The number of benzene rings is 2. The Morgan fingerprint density at radius 3 is 2.65 bits per heavy atom. The van der Waals surface area contributed by atoms with Crippen molar-refractivity contribution in [1.82, 2.24) is 0 Å². The standard InChI is InChI=1S/C14H11Cl2NO3/c15-8-11-4-2-6-13(16)14(11)20-9-10-3-1-5-12(7-10)17(18)19/h1-7H,8-9H2. The molecule has 6 heteroatoms. The molecule has 0 aliphatic heterocycles. The lowest BCUT2D eigenvalue weighted by Gasteiger charge is -2.11. The molecule has 0 saturated heterocycles. The molecule has 4 nitrogen and oxygen atoms in total. The van der Waals surface area contributed by atoms with Gasteiger partial charge in [0.1, 0.15) is 12.4 Å². The van der Waals surface area contributed by atoms with Crippen LogP contribution in [0.15, 0.2) is 42.5 Å². The summed E-state index contributed by atoms with van der Waals surface area (Å²) in [5.74, 6) is 0.792. The van der Waals surface area contributed by atoms with Crippen LogP contribution in [0.1, 0.15) is 11.1 Å². The summed E-state index contributed by atoms with van der Waals surface area (Å²) < 4.78 is 5.64. The number of hydrogen-bond acceptors (Lipinski definition) is 3. The fourth-order valence-electron chi connectivity index (χ4n) is 1.74. The van der Waals surface area contributed by atoms with Gasteiger partial charge < -0.3 is 4.74 Å². The van der Waals surface area contributed by atoms with Crippen molar-refractivity contribution in [1.29, 1.82) is 0 Å². The molecule has 0 fully saturated rings. The van der Waals surface area contributed by atoms with E-state index in [2.05, 4.69) is 0 Å². The number of alkyl halides is 1. The van der Waals surface area contributed by atoms with Gasteiger partial charge >= 0.3 is 0 Å². The first-order valence-corrected chi connectivity index (χ1v) is 6.72. The lowest BCUT2D eigenvalue weighted by molar-refractivity contribution is -0.384. The maximum atomic E-state index is 10.7. The number of rotatable bonds is 5. The van der Waals surface area contributed by atoms with Gasteiger partial charge in [0.15, 0.2) is 0 Å². The molecule has 0 amide bonds. The first-order valence-electron chi connectivity index (χ1n) is 5.81. The zero-order valence-electron chi connectivity index (χ0n) is 10.4. The van der Waals surface area contributed by atoms with Crippen LogP contribution in [0.25, 0.3) is 0 Å². The minimum atomic E-state index is -0.441. The van der Waals surface area contributed by atoms with E-state index in [0.717, 1.165) is 5.56 Å². The predicted octanol–water partition coefficient (Wildman–Crippen LogP) is 4.57. The first kappa shape index (κ1) is 14.6. The van der Waals surface area contributed by atoms with Crippen LogP contribution in [0.4, 0.5) is 5.69 Å². The lowest BCUT2D eigenvalue weighted by atomic mass is 10.2. The summed E-state index contributed by atoms with van der Waals surface area (Å²) in [4.78, 5) is 10.3. The van der Waals surface area contributed by atoms with Crippen LogP contribution >= 0.6 is 23.2 Å². The van der Waals surface area contributed by atoms with Crippen molar-refractivity contribution in [2.75, 3.05) is 0 Å². The summed E-state index contributed by atoms with van der Waals surface area (Å²) >= 11 is 11.9. The summed E-state index contributed by atoms with van der Waals surface area (Å²) in [6.07, 6.45) is 0. The van der Waals surface area contributed by atoms with E-state index in [1.54, 1.807) is 24.3 Å². The number of ether oxygens (including phenoxy) is 1. The van der Waals surface area contributed by atoms with E-state index in [4.69, 9.17) is 27.9 Å². The summed E-state index contributed by atoms with van der Waals surface area (Å²) in [5, 5.41) is 11.2. The maximum absolute atomic E-state index is 10.7. The normalized spacial score (nSPS) is 10.3. The van der Waals surface area contributed by atoms with E-state index in [-0.39, 0.29) is 18.2 Å².